The molecule has 0 amide bonds. The quantitative estimate of drug-likeness (QED) is 0.764. The number of hydrogen-bond acceptors (Lipinski definition) is 4. The summed E-state index contributed by atoms with van der Waals surface area (Å²) in [5.41, 5.74) is 1.93. The summed E-state index contributed by atoms with van der Waals surface area (Å²) in [5, 5.41) is 1.03. The van der Waals surface area contributed by atoms with Crippen LogP contribution < -0.4 is 4.74 Å². The third kappa shape index (κ3) is 3.94. The second-order valence-corrected chi connectivity index (χ2v) is 5.40. The number of methoxy groups -OCH3 is 1. The first kappa shape index (κ1) is 15.3. The molecule has 2 rings (SSSR count). The Morgan fingerprint density at radius 2 is 2.10 bits per heavy atom. The topological polar surface area (TPSA) is 48.4 Å². The Morgan fingerprint density at radius 1 is 1.29 bits per heavy atom. The number of carbonyl (C=O) groups is 1. The van der Waals surface area contributed by atoms with E-state index in [1.165, 1.54) is 7.11 Å². The number of benzene rings is 1. The van der Waals surface area contributed by atoms with Crippen LogP contribution in [0, 0.1) is 5.92 Å². The van der Waals surface area contributed by atoms with E-state index in [9.17, 15) is 4.79 Å². The minimum absolute atomic E-state index is 0.202. The number of carbonyl (C=O) groups excluding carboxylic acids is 1. The monoisotopic (exact) mass is 287 g/mol. The number of aromatic nitrogens is 1. The molecule has 2 aromatic rings. The Balaban J connectivity index is 2.28. The molecule has 1 aromatic heterocycles. The van der Waals surface area contributed by atoms with Crippen molar-refractivity contribution in [3.05, 3.63) is 36.0 Å². The van der Waals surface area contributed by atoms with Crippen molar-refractivity contribution in [2.24, 2.45) is 5.92 Å². The zero-order chi connectivity index (χ0) is 15.2. The number of esters is 1. The van der Waals surface area contributed by atoms with Crippen LogP contribution in [0.2, 0.25) is 0 Å². The van der Waals surface area contributed by atoms with Crippen LogP contribution >= 0.6 is 0 Å². The Morgan fingerprint density at radius 3 is 2.81 bits per heavy atom. The zero-order valence-electron chi connectivity index (χ0n) is 12.8. The van der Waals surface area contributed by atoms with Gasteiger partial charge in [0.1, 0.15) is 11.3 Å². The summed E-state index contributed by atoms with van der Waals surface area (Å²) >= 11 is 0. The first-order chi connectivity index (χ1) is 10.1. The lowest BCUT2D eigenvalue weighted by Gasteiger charge is -2.13. The minimum atomic E-state index is -0.202. The van der Waals surface area contributed by atoms with E-state index in [4.69, 9.17) is 9.47 Å². The lowest BCUT2D eigenvalue weighted by atomic mass is 10.0. The maximum absolute atomic E-state index is 11.3. The molecule has 0 unspecified atom stereocenters. The SMILES string of the molecule is COC(=O)CCc1ccc(OCC(C)C)c2ncccc12. The average molecular weight is 287 g/mol. The molecule has 0 spiro atoms. The summed E-state index contributed by atoms with van der Waals surface area (Å²) in [4.78, 5) is 15.7. The van der Waals surface area contributed by atoms with Crippen LogP contribution in [0.5, 0.6) is 5.75 Å². The van der Waals surface area contributed by atoms with Crippen molar-refractivity contribution in [2.45, 2.75) is 26.7 Å². The maximum Gasteiger partial charge on any atom is 0.305 e. The summed E-state index contributed by atoms with van der Waals surface area (Å²) in [6.07, 6.45) is 2.76. The van der Waals surface area contributed by atoms with Crippen LogP contribution in [0.3, 0.4) is 0 Å². The molecule has 0 aliphatic carbocycles. The van der Waals surface area contributed by atoms with Crippen molar-refractivity contribution in [1.82, 2.24) is 4.98 Å². The highest BCUT2D eigenvalue weighted by atomic mass is 16.5. The van der Waals surface area contributed by atoms with E-state index in [0.717, 1.165) is 22.2 Å². The van der Waals surface area contributed by atoms with Gasteiger partial charge in [0.15, 0.2) is 0 Å². The molecule has 1 heterocycles. The first-order valence-corrected chi connectivity index (χ1v) is 7.18. The molecule has 1 aromatic carbocycles. The molecule has 0 aliphatic rings. The number of pyridine rings is 1. The summed E-state index contributed by atoms with van der Waals surface area (Å²) in [5.74, 6) is 1.05. The van der Waals surface area contributed by atoms with E-state index in [1.54, 1.807) is 6.20 Å². The van der Waals surface area contributed by atoms with Gasteiger partial charge in [0.25, 0.3) is 0 Å². The van der Waals surface area contributed by atoms with Crippen molar-refractivity contribution < 1.29 is 14.3 Å². The fraction of sp³-hybridized carbons (Fsp3) is 0.412. The van der Waals surface area contributed by atoms with Crippen LogP contribution in [-0.2, 0) is 16.0 Å². The molecular formula is C17H21NO3. The minimum Gasteiger partial charge on any atom is -0.491 e. The third-order valence-electron chi connectivity index (χ3n) is 3.22. The molecule has 0 bridgehead atoms. The normalized spacial score (nSPS) is 10.9. The first-order valence-electron chi connectivity index (χ1n) is 7.18. The van der Waals surface area contributed by atoms with Crippen molar-refractivity contribution in [3.63, 3.8) is 0 Å². The molecule has 21 heavy (non-hydrogen) atoms. The van der Waals surface area contributed by atoms with Crippen molar-refractivity contribution in [1.29, 1.82) is 0 Å². The summed E-state index contributed by atoms with van der Waals surface area (Å²) in [6.45, 7) is 4.88. The van der Waals surface area contributed by atoms with Crippen LogP contribution in [0.4, 0.5) is 0 Å². The molecule has 0 saturated carbocycles. The Labute approximate surface area is 125 Å². The predicted molar refractivity (Wildman–Crippen MR) is 82.4 cm³/mol. The standard InChI is InChI=1S/C17H21NO3/c1-12(2)11-21-15-8-6-13(7-9-16(19)20-3)14-5-4-10-18-17(14)15/h4-6,8,10,12H,7,9,11H2,1-3H3. The summed E-state index contributed by atoms with van der Waals surface area (Å²) in [6, 6.07) is 7.85. The zero-order valence-corrected chi connectivity index (χ0v) is 12.8. The van der Waals surface area contributed by atoms with Gasteiger partial charge in [0, 0.05) is 18.0 Å². The molecule has 0 aliphatic heterocycles. The number of aryl methyl sites for hydroxylation is 1. The number of fused-ring (bicyclic) bond motifs is 1. The average Bonchev–Trinajstić information content (AvgIpc) is 2.50. The van der Waals surface area contributed by atoms with Gasteiger partial charge in [-0.3, -0.25) is 9.78 Å². The molecular weight excluding hydrogens is 266 g/mol. The number of ether oxygens (including phenoxy) is 2. The van der Waals surface area contributed by atoms with E-state index >= 15 is 0 Å². The molecule has 4 nitrogen and oxygen atoms in total. The van der Waals surface area contributed by atoms with E-state index < -0.39 is 0 Å². The lowest BCUT2D eigenvalue weighted by Crippen LogP contribution is -2.06. The van der Waals surface area contributed by atoms with Crippen LogP contribution in [0.15, 0.2) is 30.5 Å². The molecule has 0 N–H and O–H groups in total. The predicted octanol–water partition coefficient (Wildman–Crippen LogP) is 3.38. The number of rotatable bonds is 6. The molecule has 112 valence electrons. The van der Waals surface area contributed by atoms with Gasteiger partial charge in [-0.1, -0.05) is 26.0 Å². The van der Waals surface area contributed by atoms with Crippen molar-refractivity contribution in [3.8, 4) is 5.75 Å². The largest absolute Gasteiger partial charge is 0.491 e. The molecule has 4 heteroatoms. The Hall–Kier alpha value is -2.10. The lowest BCUT2D eigenvalue weighted by molar-refractivity contribution is -0.140. The highest BCUT2D eigenvalue weighted by Crippen LogP contribution is 2.27. The highest BCUT2D eigenvalue weighted by molar-refractivity contribution is 5.87. The third-order valence-corrected chi connectivity index (χ3v) is 3.22. The van der Waals surface area contributed by atoms with E-state index in [1.807, 2.05) is 24.3 Å². The fourth-order valence-corrected chi connectivity index (χ4v) is 2.14. The number of nitrogens with zero attached hydrogens (tertiary/aromatic N) is 1. The fourth-order valence-electron chi connectivity index (χ4n) is 2.14. The smallest absolute Gasteiger partial charge is 0.305 e. The Kier molecular flexibility index (Phi) is 5.14. The van der Waals surface area contributed by atoms with Crippen LogP contribution in [-0.4, -0.2) is 24.7 Å². The molecule has 0 atom stereocenters. The molecule has 0 fully saturated rings. The van der Waals surface area contributed by atoms with Gasteiger partial charge in [-0.15, -0.1) is 0 Å². The summed E-state index contributed by atoms with van der Waals surface area (Å²) < 4.78 is 10.5. The highest BCUT2D eigenvalue weighted by Gasteiger charge is 2.10. The van der Waals surface area contributed by atoms with E-state index in [2.05, 4.69) is 18.8 Å². The van der Waals surface area contributed by atoms with E-state index in [0.29, 0.717) is 25.4 Å². The van der Waals surface area contributed by atoms with Gasteiger partial charge >= 0.3 is 5.97 Å². The van der Waals surface area contributed by atoms with Gasteiger partial charge in [0.2, 0.25) is 0 Å². The van der Waals surface area contributed by atoms with Crippen molar-refractivity contribution in [2.75, 3.05) is 13.7 Å². The Bertz CT molecular complexity index is 622. The van der Waals surface area contributed by atoms with Crippen molar-refractivity contribution >= 4 is 16.9 Å². The van der Waals surface area contributed by atoms with Gasteiger partial charge in [0.05, 0.1) is 13.7 Å². The maximum atomic E-state index is 11.3. The summed E-state index contributed by atoms with van der Waals surface area (Å²) in [7, 11) is 1.41. The molecule has 0 saturated heterocycles. The molecule has 0 radical (unpaired) electrons. The number of hydrogen-bond donors (Lipinski definition) is 0. The van der Waals surface area contributed by atoms with Gasteiger partial charge in [-0.2, -0.15) is 0 Å². The second kappa shape index (κ2) is 7.07. The van der Waals surface area contributed by atoms with Gasteiger partial charge in [-0.25, -0.2) is 0 Å². The van der Waals surface area contributed by atoms with Crippen LogP contribution in [0.1, 0.15) is 25.8 Å². The van der Waals surface area contributed by atoms with E-state index in [-0.39, 0.29) is 5.97 Å². The van der Waals surface area contributed by atoms with Gasteiger partial charge in [-0.05, 0) is 30.0 Å². The van der Waals surface area contributed by atoms with Crippen LogP contribution in [0.25, 0.3) is 10.9 Å². The second-order valence-electron chi connectivity index (χ2n) is 5.40. The van der Waals surface area contributed by atoms with Gasteiger partial charge < -0.3 is 9.47 Å².